The Balaban J connectivity index is 1.38. The van der Waals surface area contributed by atoms with Crippen molar-refractivity contribution in [1.29, 1.82) is 0 Å². The average molecular weight is 854 g/mol. The number of carbonyl (C=O) groups is 1. The zero-order valence-corrected chi connectivity index (χ0v) is 31.1. The van der Waals surface area contributed by atoms with E-state index < -0.39 is 186 Å². The van der Waals surface area contributed by atoms with Gasteiger partial charge in [-0.2, -0.15) is 0 Å². The van der Waals surface area contributed by atoms with E-state index in [2.05, 4.69) is 5.32 Å². The van der Waals surface area contributed by atoms with Crippen LogP contribution in [0.4, 0.5) is 0 Å². The molecular formula is C32H55NO25. The maximum absolute atomic E-state index is 12.4. The molecule has 5 fully saturated rings. The molecule has 0 spiro atoms. The van der Waals surface area contributed by atoms with Crippen LogP contribution in [0.15, 0.2) is 0 Å². The monoisotopic (exact) mass is 853 g/mol. The quantitative estimate of drug-likeness (QED) is 0.0818. The largest absolute Gasteiger partial charge is 0.394 e. The van der Waals surface area contributed by atoms with Crippen LogP contribution in [0.2, 0.25) is 0 Å². The molecule has 16 N–H and O–H groups in total. The van der Waals surface area contributed by atoms with E-state index in [1.54, 1.807) is 0 Å². The van der Waals surface area contributed by atoms with Gasteiger partial charge in [0.05, 0.1) is 32.5 Å². The van der Waals surface area contributed by atoms with Gasteiger partial charge in [-0.3, -0.25) is 4.79 Å². The van der Waals surface area contributed by atoms with Gasteiger partial charge in [-0.25, -0.2) is 0 Å². The van der Waals surface area contributed by atoms with E-state index in [1.165, 1.54) is 6.92 Å². The zero-order chi connectivity index (χ0) is 42.9. The Morgan fingerprint density at radius 2 is 0.914 bits per heavy atom. The van der Waals surface area contributed by atoms with Crippen LogP contribution in [-0.2, 0) is 47.4 Å². The highest BCUT2D eigenvalue weighted by Gasteiger charge is 2.57. The van der Waals surface area contributed by atoms with E-state index >= 15 is 0 Å². The highest BCUT2D eigenvalue weighted by atomic mass is 16.8. The van der Waals surface area contributed by atoms with Crippen molar-refractivity contribution in [2.24, 2.45) is 0 Å². The van der Waals surface area contributed by atoms with Gasteiger partial charge in [-0.1, -0.05) is 0 Å². The molecule has 5 saturated heterocycles. The van der Waals surface area contributed by atoms with Crippen LogP contribution < -0.4 is 5.32 Å². The molecule has 0 unspecified atom stereocenters. The fraction of sp³-hybridized carbons (Fsp3) is 0.969. The topological polar surface area (TPSA) is 416 Å². The minimum atomic E-state index is -2.08. The van der Waals surface area contributed by atoms with E-state index in [9.17, 15) is 81.4 Å². The van der Waals surface area contributed by atoms with Crippen molar-refractivity contribution in [2.75, 3.05) is 26.4 Å². The molecule has 338 valence electrons. The lowest BCUT2D eigenvalue weighted by molar-refractivity contribution is -0.391. The molecule has 0 radical (unpaired) electrons. The van der Waals surface area contributed by atoms with E-state index in [0.29, 0.717) is 0 Å². The third-order valence-corrected chi connectivity index (χ3v) is 10.7. The Hall–Kier alpha value is -1.49. The first-order valence-electron chi connectivity index (χ1n) is 18.5. The van der Waals surface area contributed by atoms with Crippen LogP contribution in [0.1, 0.15) is 13.8 Å². The third-order valence-electron chi connectivity index (χ3n) is 10.7. The van der Waals surface area contributed by atoms with Gasteiger partial charge in [0.2, 0.25) is 5.91 Å². The van der Waals surface area contributed by atoms with Gasteiger partial charge in [-0.05, 0) is 6.92 Å². The van der Waals surface area contributed by atoms with Crippen LogP contribution in [0.3, 0.4) is 0 Å². The summed E-state index contributed by atoms with van der Waals surface area (Å²) in [6.07, 6.45) is -43.0. The van der Waals surface area contributed by atoms with Crippen LogP contribution in [-0.4, -0.2) is 262 Å². The lowest BCUT2D eigenvalue weighted by atomic mass is 9.94. The molecule has 26 nitrogen and oxygen atoms in total. The molecule has 5 aliphatic rings. The molecule has 58 heavy (non-hydrogen) atoms. The number of aliphatic hydroxyl groups is 15. The highest BCUT2D eigenvalue weighted by molar-refractivity contribution is 5.73. The number of carbonyl (C=O) groups excluding carboxylic acids is 1. The molecule has 26 heteroatoms. The number of aliphatic hydroxyl groups excluding tert-OH is 15. The SMILES string of the molecule is CC(=O)N[C@H]1[C@H](O[C@H]2[C@@H](O)[C@@H](CO)O[C@@H](O[C@H]3[C@H](O)[C@@H](O)[C@@H](O)O[C@@H]3CO)[C@@H]2O)O[C@H](CO)[C@@H](O[C@@H]2O[C@H](CO)[C@H](O)[C@H](O)[C@H]2O[C@@H]2O[C@@H](C)[C@@H](O)[C@@H](O)[C@@H]2O)[C@@H]1O. The number of rotatable bonds is 13. The Morgan fingerprint density at radius 3 is 1.52 bits per heavy atom. The first-order valence-corrected chi connectivity index (χ1v) is 18.5. The summed E-state index contributed by atoms with van der Waals surface area (Å²) in [4.78, 5) is 12.4. The Bertz CT molecular complexity index is 1310. The Labute approximate surface area is 329 Å². The first kappa shape index (κ1) is 47.6. The van der Waals surface area contributed by atoms with Gasteiger partial charge in [0, 0.05) is 6.92 Å². The number of nitrogens with one attached hydrogen (secondary N) is 1. The summed E-state index contributed by atoms with van der Waals surface area (Å²) in [7, 11) is 0. The molecule has 0 aromatic carbocycles. The van der Waals surface area contributed by atoms with E-state index in [0.717, 1.165) is 6.92 Å². The number of amides is 1. The van der Waals surface area contributed by atoms with Gasteiger partial charge >= 0.3 is 0 Å². The predicted molar refractivity (Wildman–Crippen MR) is 177 cm³/mol. The number of hydrogen-bond acceptors (Lipinski definition) is 25. The van der Waals surface area contributed by atoms with Crippen molar-refractivity contribution in [2.45, 2.75) is 167 Å². The minimum Gasteiger partial charge on any atom is -0.394 e. The van der Waals surface area contributed by atoms with E-state index in [-0.39, 0.29) is 0 Å². The summed E-state index contributed by atoms with van der Waals surface area (Å²) in [5, 5.41) is 160. The standard InChI is InChI=1S/C32H55NO25/c1-7-14(39)18(43)22(47)30(50-7)58-27-19(44)15(40)9(3-34)53-32(27)56-24-12(6-37)54-29(13(17(24)42)33-8(2)38)57-26-16(41)10(4-35)52-31(23(26)48)55-25-11(5-36)51-28(49)21(46)20(25)45/h7,9-32,34-37,39-49H,3-6H2,1-2H3,(H,33,38)/t7-,9+,10+,11+,12+,13+,14+,15-,16-,17+,18+,19-,20+,21+,22-,23+,24+,25+,26-,27+,28-,29-,30-,31-,32-/m0/s1. The van der Waals surface area contributed by atoms with Gasteiger partial charge in [-0.15, -0.1) is 0 Å². The minimum absolute atomic E-state index is 0.806. The van der Waals surface area contributed by atoms with Crippen LogP contribution in [0.5, 0.6) is 0 Å². The maximum atomic E-state index is 12.4. The highest BCUT2D eigenvalue weighted by Crippen LogP contribution is 2.36. The molecule has 0 saturated carbocycles. The zero-order valence-electron chi connectivity index (χ0n) is 31.1. The Kier molecular flexibility index (Phi) is 16.5. The molecule has 5 heterocycles. The first-order chi connectivity index (χ1) is 27.4. The van der Waals surface area contributed by atoms with Crippen LogP contribution in [0, 0.1) is 0 Å². The molecule has 0 aromatic heterocycles. The summed E-state index contributed by atoms with van der Waals surface area (Å²) in [5.41, 5.74) is 0. The van der Waals surface area contributed by atoms with Gasteiger partial charge < -0.3 is 125 Å². The second-order valence-corrected chi connectivity index (χ2v) is 14.7. The molecule has 0 aromatic rings. The summed E-state index contributed by atoms with van der Waals surface area (Å²) in [6.45, 7) is -1.30. The number of hydrogen-bond donors (Lipinski definition) is 16. The normalized spacial score (nSPS) is 51.6. The van der Waals surface area contributed by atoms with Crippen molar-refractivity contribution >= 4 is 5.91 Å². The second-order valence-electron chi connectivity index (χ2n) is 14.7. The molecule has 0 aliphatic carbocycles. The van der Waals surface area contributed by atoms with Crippen molar-refractivity contribution in [1.82, 2.24) is 5.32 Å². The van der Waals surface area contributed by atoms with Gasteiger partial charge in [0.15, 0.2) is 31.5 Å². The third kappa shape index (κ3) is 9.75. The molecule has 5 aliphatic heterocycles. The van der Waals surface area contributed by atoms with Crippen molar-refractivity contribution in [3.8, 4) is 0 Å². The smallest absolute Gasteiger partial charge is 0.217 e. The molecule has 1 amide bonds. The molecule has 25 atom stereocenters. The van der Waals surface area contributed by atoms with Crippen molar-refractivity contribution in [3.63, 3.8) is 0 Å². The fourth-order valence-electron chi connectivity index (χ4n) is 7.36. The van der Waals surface area contributed by atoms with Crippen molar-refractivity contribution in [3.05, 3.63) is 0 Å². The molecule has 0 bridgehead atoms. The molecular weight excluding hydrogens is 798 g/mol. The maximum Gasteiger partial charge on any atom is 0.217 e. The van der Waals surface area contributed by atoms with Crippen molar-refractivity contribution < 1.29 is 124 Å². The summed E-state index contributed by atoms with van der Waals surface area (Å²) in [6, 6.07) is -1.71. The second kappa shape index (κ2) is 20.1. The Morgan fingerprint density at radius 1 is 0.448 bits per heavy atom. The summed E-state index contributed by atoms with van der Waals surface area (Å²) in [5.74, 6) is -0.806. The van der Waals surface area contributed by atoms with E-state index in [1.807, 2.05) is 0 Å². The van der Waals surface area contributed by atoms with Crippen LogP contribution >= 0.6 is 0 Å². The van der Waals surface area contributed by atoms with Gasteiger partial charge in [0.1, 0.15) is 116 Å². The lowest BCUT2D eigenvalue weighted by Gasteiger charge is -2.50. The predicted octanol–water partition coefficient (Wildman–Crippen LogP) is -10.8. The van der Waals surface area contributed by atoms with E-state index in [4.69, 9.17) is 42.6 Å². The van der Waals surface area contributed by atoms with Crippen LogP contribution in [0.25, 0.3) is 0 Å². The summed E-state index contributed by atoms with van der Waals surface area (Å²) < 4.78 is 50.6. The van der Waals surface area contributed by atoms with Gasteiger partial charge in [0.25, 0.3) is 0 Å². The average Bonchev–Trinajstić information content (AvgIpc) is 3.19. The number of ether oxygens (including phenoxy) is 9. The summed E-state index contributed by atoms with van der Waals surface area (Å²) >= 11 is 0. The molecule has 5 rings (SSSR count). The fourth-order valence-corrected chi connectivity index (χ4v) is 7.36. The lowest BCUT2D eigenvalue weighted by Crippen LogP contribution is -2.70.